The second kappa shape index (κ2) is 3.20. The Hall–Kier alpha value is -1.62. The number of benzene rings is 1. The number of halogens is 1. The van der Waals surface area contributed by atoms with Gasteiger partial charge in [-0.1, -0.05) is 12.1 Å². The maximum Gasteiger partial charge on any atom is 0.215 e. The van der Waals surface area contributed by atoms with Crippen LogP contribution < -0.4 is 5.73 Å². The third-order valence-corrected chi connectivity index (χ3v) is 3.41. The third-order valence-electron chi connectivity index (χ3n) is 2.07. The lowest BCUT2D eigenvalue weighted by molar-refractivity contribution is 0.610. The number of sulfone groups is 1. The molecule has 0 aromatic heterocycles. The average molecular weight is 225 g/mol. The van der Waals surface area contributed by atoms with Crippen LogP contribution >= 0.6 is 0 Å². The largest absolute Gasteiger partial charge is 0.389 e. The maximum absolute atomic E-state index is 12.9. The molecular weight excluding hydrogens is 217 g/mol. The molecule has 78 valence electrons. The summed E-state index contributed by atoms with van der Waals surface area (Å²) in [5.74, 6) is -0.412. The SMILES string of the molecule is NC1=CC(c2cccc(F)c2)=CS1(=O)=O. The van der Waals surface area contributed by atoms with Crippen molar-refractivity contribution in [2.75, 3.05) is 0 Å². The molecule has 3 nitrogen and oxygen atoms in total. The molecular formula is C10H8FNO2S. The first-order valence-corrected chi connectivity index (χ1v) is 5.73. The zero-order valence-corrected chi connectivity index (χ0v) is 8.46. The lowest BCUT2D eigenvalue weighted by Crippen LogP contribution is -2.04. The Kier molecular flexibility index (Phi) is 2.12. The van der Waals surface area contributed by atoms with Gasteiger partial charge in [-0.15, -0.1) is 0 Å². The molecule has 0 unspecified atom stereocenters. The van der Waals surface area contributed by atoms with E-state index in [1.807, 2.05) is 0 Å². The average Bonchev–Trinajstić information content (AvgIpc) is 2.42. The van der Waals surface area contributed by atoms with Crippen molar-refractivity contribution < 1.29 is 12.8 Å². The Balaban J connectivity index is 2.53. The van der Waals surface area contributed by atoms with Gasteiger partial charge >= 0.3 is 0 Å². The molecule has 0 fully saturated rings. The van der Waals surface area contributed by atoms with E-state index in [1.165, 1.54) is 24.3 Å². The van der Waals surface area contributed by atoms with Crippen molar-refractivity contribution >= 4 is 15.4 Å². The van der Waals surface area contributed by atoms with Crippen molar-refractivity contribution in [3.05, 3.63) is 52.2 Å². The van der Waals surface area contributed by atoms with E-state index in [1.54, 1.807) is 6.07 Å². The van der Waals surface area contributed by atoms with Gasteiger partial charge in [0.05, 0.1) is 0 Å². The van der Waals surface area contributed by atoms with Crippen LogP contribution in [0.25, 0.3) is 5.57 Å². The summed E-state index contributed by atoms with van der Waals surface area (Å²) in [6.07, 6.45) is 1.32. The van der Waals surface area contributed by atoms with E-state index < -0.39 is 15.7 Å². The van der Waals surface area contributed by atoms with Gasteiger partial charge in [-0.3, -0.25) is 0 Å². The Morgan fingerprint density at radius 3 is 2.53 bits per heavy atom. The zero-order chi connectivity index (χ0) is 11.1. The van der Waals surface area contributed by atoms with Crippen LogP contribution in [0.5, 0.6) is 0 Å². The van der Waals surface area contributed by atoms with Gasteiger partial charge in [0.1, 0.15) is 10.8 Å². The summed E-state index contributed by atoms with van der Waals surface area (Å²) < 4.78 is 35.4. The maximum atomic E-state index is 12.9. The van der Waals surface area contributed by atoms with Gasteiger partial charge in [0.2, 0.25) is 9.84 Å². The Morgan fingerprint density at radius 1 is 1.27 bits per heavy atom. The highest BCUT2D eigenvalue weighted by Crippen LogP contribution is 2.26. The van der Waals surface area contributed by atoms with E-state index in [2.05, 4.69) is 0 Å². The quantitative estimate of drug-likeness (QED) is 0.785. The van der Waals surface area contributed by atoms with Crippen LogP contribution in [0.3, 0.4) is 0 Å². The summed E-state index contributed by atoms with van der Waals surface area (Å²) in [5.41, 5.74) is 6.21. The summed E-state index contributed by atoms with van der Waals surface area (Å²) in [4.78, 5) is 0. The van der Waals surface area contributed by atoms with E-state index in [0.717, 1.165) is 5.41 Å². The van der Waals surface area contributed by atoms with Crippen LogP contribution in [-0.2, 0) is 9.84 Å². The van der Waals surface area contributed by atoms with Gasteiger partial charge in [0.15, 0.2) is 0 Å². The van der Waals surface area contributed by atoms with Crippen LogP contribution in [0, 0.1) is 5.82 Å². The molecule has 1 heterocycles. The molecule has 0 saturated carbocycles. The van der Waals surface area contributed by atoms with E-state index in [9.17, 15) is 12.8 Å². The predicted molar refractivity (Wildman–Crippen MR) is 55.6 cm³/mol. The van der Waals surface area contributed by atoms with E-state index in [4.69, 9.17) is 5.73 Å². The highest BCUT2D eigenvalue weighted by atomic mass is 32.2. The Morgan fingerprint density at radius 2 is 2.00 bits per heavy atom. The highest BCUT2D eigenvalue weighted by Gasteiger charge is 2.20. The van der Waals surface area contributed by atoms with Crippen molar-refractivity contribution in [1.82, 2.24) is 0 Å². The van der Waals surface area contributed by atoms with Gasteiger partial charge in [0, 0.05) is 5.41 Å². The summed E-state index contributed by atoms with van der Waals surface area (Å²) in [6, 6.07) is 5.69. The molecule has 1 aliphatic heterocycles. The minimum atomic E-state index is -3.48. The van der Waals surface area contributed by atoms with Gasteiger partial charge in [0.25, 0.3) is 0 Å². The van der Waals surface area contributed by atoms with E-state index in [0.29, 0.717) is 11.1 Å². The van der Waals surface area contributed by atoms with Crippen molar-refractivity contribution in [2.24, 2.45) is 5.73 Å². The van der Waals surface area contributed by atoms with E-state index >= 15 is 0 Å². The smallest absolute Gasteiger partial charge is 0.215 e. The molecule has 0 amide bonds. The fourth-order valence-electron chi connectivity index (χ4n) is 1.32. The summed E-state index contributed by atoms with van der Waals surface area (Å²) >= 11 is 0. The molecule has 0 radical (unpaired) electrons. The molecule has 0 saturated heterocycles. The number of rotatable bonds is 1. The zero-order valence-electron chi connectivity index (χ0n) is 7.64. The van der Waals surface area contributed by atoms with Crippen molar-refractivity contribution in [2.45, 2.75) is 0 Å². The molecule has 0 spiro atoms. The summed E-state index contributed by atoms with van der Waals surface area (Å²) in [7, 11) is -3.48. The fourth-order valence-corrected chi connectivity index (χ4v) is 2.29. The third kappa shape index (κ3) is 1.78. The fraction of sp³-hybridized carbons (Fsp3) is 0. The van der Waals surface area contributed by atoms with E-state index in [-0.39, 0.29) is 5.03 Å². The molecule has 5 heteroatoms. The Labute approximate surface area is 86.6 Å². The van der Waals surface area contributed by atoms with Crippen molar-refractivity contribution in [3.63, 3.8) is 0 Å². The van der Waals surface area contributed by atoms with Crippen LogP contribution in [0.1, 0.15) is 5.56 Å². The topological polar surface area (TPSA) is 60.2 Å². The van der Waals surface area contributed by atoms with Gasteiger partial charge in [-0.05, 0) is 29.3 Å². The number of hydrogen-bond acceptors (Lipinski definition) is 3. The van der Waals surface area contributed by atoms with Crippen LogP contribution in [0.2, 0.25) is 0 Å². The summed E-state index contributed by atoms with van der Waals surface area (Å²) in [6.45, 7) is 0. The first-order chi connectivity index (χ1) is 6.99. The molecule has 0 bridgehead atoms. The number of allylic oxidation sites excluding steroid dienone is 2. The predicted octanol–water partition coefficient (Wildman–Crippen LogP) is 1.40. The highest BCUT2D eigenvalue weighted by molar-refractivity contribution is 7.98. The molecule has 0 aliphatic carbocycles. The molecule has 1 aromatic carbocycles. The van der Waals surface area contributed by atoms with Crippen molar-refractivity contribution in [1.29, 1.82) is 0 Å². The second-order valence-corrected chi connectivity index (χ2v) is 4.97. The number of hydrogen-bond donors (Lipinski definition) is 1. The lowest BCUT2D eigenvalue weighted by Gasteiger charge is -1.97. The van der Waals surface area contributed by atoms with Crippen molar-refractivity contribution in [3.8, 4) is 0 Å². The lowest BCUT2D eigenvalue weighted by atomic mass is 10.1. The molecule has 15 heavy (non-hydrogen) atoms. The van der Waals surface area contributed by atoms with Gasteiger partial charge < -0.3 is 5.73 Å². The summed E-state index contributed by atoms with van der Waals surface area (Å²) in [5, 5.41) is 0.832. The normalized spacial score (nSPS) is 18.5. The van der Waals surface area contributed by atoms with Crippen LogP contribution in [0.4, 0.5) is 4.39 Å². The second-order valence-electron chi connectivity index (χ2n) is 3.18. The molecule has 0 atom stereocenters. The first kappa shape index (κ1) is 9.92. The minimum Gasteiger partial charge on any atom is -0.389 e. The molecule has 1 aliphatic rings. The molecule has 2 N–H and O–H groups in total. The Bertz CT molecular complexity index is 573. The minimum absolute atomic E-state index is 0.207. The monoisotopic (exact) mass is 225 g/mol. The first-order valence-electron chi connectivity index (χ1n) is 4.19. The van der Waals surface area contributed by atoms with Crippen LogP contribution in [-0.4, -0.2) is 8.42 Å². The number of nitrogens with two attached hydrogens (primary N) is 1. The standard InChI is InChI=1S/C10H8FNO2S/c11-9-3-1-2-7(4-9)8-5-10(12)15(13,14)6-8/h1-6H,12H2. The van der Waals surface area contributed by atoms with Crippen LogP contribution in [0.15, 0.2) is 40.8 Å². The van der Waals surface area contributed by atoms with Gasteiger partial charge in [-0.25, -0.2) is 12.8 Å². The molecule has 1 aromatic rings. The molecule has 2 rings (SSSR count). The van der Waals surface area contributed by atoms with Gasteiger partial charge in [-0.2, -0.15) is 0 Å².